The summed E-state index contributed by atoms with van der Waals surface area (Å²) in [4.78, 5) is 45.1. The van der Waals surface area contributed by atoms with Gasteiger partial charge in [0.2, 0.25) is 0 Å². The SMILES string of the molecule is COc1ccc(C(=O)c2c3c4c(c(Nc5ccc(S(=O)(=O)O)cc5)cc(Oc5ccc(C(C)(C)CC(C)(C)C)cc5S(=O)(=O)O)c4[nH]c2=O)C(=O)c2ccccc2-3)cc1. The molecule has 304 valence electrons. The average molecular weight is 837 g/mol. The van der Waals surface area contributed by atoms with E-state index < -0.39 is 47.7 Å². The number of aromatic nitrogens is 1. The number of aromatic amines is 1. The second-order valence-electron chi connectivity index (χ2n) is 16.2. The van der Waals surface area contributed by atoms with Gasteiger partial charge in [-0.1, -0.05) is 65.0 Å². The highest BCUT2D eigenvalue weighted by molar-refractivity contribution is 7.86. The zero-order valence-corrected chi connectivity index (χ0v) is 34.5. The Kier molecular flexibility index (Phi) is 10.2. The lowest BCUT2D eigenvalue weighted by Gasteiger charge is -2.33. The fraction of sp³-hybridized carbons (Fsp3) is 0.205. The molecule has 0 fully saturated rings. The van der Waals surface area contributed by atoms with Gasteiger partial charge in [0.15, 0.2) is 17.3 Å². The maximum Gasteiger partial charge on any atom is 0.298 e. The van der Waals surface area contributed by atoms with Crippen LogP contribution in [0, 0.1) is 5.41 Å². The van der Waals surface area contributed by atoms with E-state index in [0.29, 0.717) is 17.7 Å². The maximum absolute atomic E-state index is 14.6. The fourth-order valence-corrected chi connectivity index (χ4v) is 9.02. The van der Waals surface area contributed by atoms with Gasteiger partial charge in [-0.3, -0.25) is 23.5 Å². The van der Waals surface area contributed by atoms with E-state index in [1.54, 1.807) is 42.5 Å². The summed E-state index contributed by atoms with van der Waals surface area (Å²) in [6.45, 7) is 10.1. The Balaban J connectivity index is 1.53. The van der Waals surface area contributed by atoms with Crippen molar-refractivity contribution in [2.45, 2.75) is 56.2 Å². The summed E-state index contributed by atoms with van der Waals surface area (Å²) in [5.74, 6) is -1.15. The molecule has 0 atom stereocenters. The van der Waals surface area contributed by atoms with Crippen LogP contribution in [0.15, 0.2) is 112 Å². The van der Waals surface area contributed by atoms with Crippen LogP contribution in [0.1, 0.15) is 78.4 Å². The fourth-order valence-electron chi connectivity index (χ4n) is 7.90. The Morgan fingerprint density at radius 2 is 1.41 bits per heavy atom. The summed E-state index contributed by atoms with van der Waals surface area (Å²) < 4.78 is 81.4. The van der Waals surface area contributed by atoms with Crippen LogP contribution in [0.3, 0.4) is 0 Å². The molecular formula is C44H40N2O11S2. The molecule has 0 saturated heterocycles. The van der Waals surface area contributed by atoms with Crippen LogP contribution in [0.25, 0.3) is 22.0 Å². The van der Waals surface area contributed by atoms with Crippen molar-refractivity contribution in [3.05, 3.63) is 135 Å². The number of carbonyl (C=O) groups excluding carboxylic acids is 2. The van der Waals surface area contributed by atoms with E-state index in [0.717, 1.165) is 12.1 Å². The van der Waals surface area contributed by atoms with Gasteiger partial charge in [-0.05, 0) is 89.0 Å². The number of hydrogen-bond acceptors (Lipinski definition) is 10. The van der Waals surface area contributed by atoms with Crippen molar-refractivity contribution in [1.29, 1.82) is 0 Å². The minimum Gasteiger partial charge on any atom is -0.497 e. The number of ketones is 2. The number of rotatable bonds is 11. The Labute approximate surface area is 340 Å². The number of fused-ring (bicyclic) bond motifs is 2. The first kappa shape index (κ1) is 41.0. The van der Waals surface area contributed by atoms with Gasteiger partial charge in [0.1, 0.15) is 16.4 Å². The topological polar surface area (TPSA) is 206 Å². The van der Waals surface area contributed by atoms with E-state index in [4.69, 9.17) is 9.47 Å². The first-order chi connectivity index (χ1) is 27.6. The molecule has 15 heteroatoms. The van der Waals surface area contributed by atoms with Gasteiger partial charge >= 0.3 is 0 Å². The number of benzene rings is 5. The summed E-state index contributed by atoms with van der Waals surface area (Å²) in [6.07, 6.45) is 0.661. The van der Waals surface area contributed by atoms with Crippen molar-refractivity contribution in [2.75, 3.05) is 12.4 Å². The van der Waals surface area contributed by atoms with Crippen molar-refractivity contribution in [2.24, 2.45) is 5.41 Å². The lowest BCUT2D eigenvalue weighted by Crippen LogP contribution is -2.25. The summed E-state index contributed by atoms with van der Waals surface area (Å²) in [6, 6.07) is 23.4. The first-order valence-corrected chi connectivity index (χ1v) is 21.2. The van der Waals surface area contributed by atoms with Crippen LogP contribution in [0.5, 0.6) is 17.2 Å². The predicted octanol–water partition coefficient (Wildman–Crippen LogP) is 8.72. The number of nitrogens with one attached hydrogen (secondary N) is 2. The minimum atomic E-state index is -4.92. The third-order valence-electron chi connectivity index (χ3n) is 10.1. The van der Waals surface area contributed by atoms with Crippen molar-refractivity contribution in [3.63, 3.8) is 0 Å². The highest BCUT2D eigenvalue weighted by Gasteiger charge is 2.36. The van der Waals surface area contributed by atoms with Crippen LogP contribution < -0.4 is 20.3 Å². The third-order valence-corrected chi connectivity index (χ3v) is 11.9. The molecule has 4 N–H and O–H groups in total. The van der Waals surface area contributed by atoms with Crippen molar-refractivity contribution in [1.82, 2.24) is 4.98 Å². The summed E-state index contributed by atoms with van der Waals surface area (Å²) in [5, 5.41) is 3.20. The van der Waals surface area contributed by atoms with Gasteiger partial charge in [-0.2, -0.15) is 16.8 Å². The molecule has 1 aliphatic carbocycles. The molecule has 6 aromatic rings. The zero-order valence-electron chi connectivity index (χ0n) is 32.8. The highest BCUT2D eigenvalue weighted by atomic mass is 32.2. The standard InChI is InChI=1S/C44H40N2O11S2/c1-43(2,3)23-44(4,5)25-13-20-32(34(21-25)59(53,54)55)57-33-22-31(45-26-14-18-28(19-15-26)58(50,51)52)36-37-35(29-9-7-8-10-30(29)41(36)48)38(42(49)46-39(33)37)40(47)24-11-16-27(56-6)17-12-24/h7-22,45H,23H2,1-6H3,(H,46,49)(H,50,51,52)(H,53,54,55). The van der Waals surface area contributed by atoms with Gasteiger partial charge in [0, 0.05) is 33.8 Å². The van der Waals surface area contributed by atoms with Gasteiger partial charge in [-0.15, -0.1) is 0 Å². The number of H-pyrrole nitrogens is 1. The summed E-state index contributed by atoms with van der Waals surface area (Å²) in [5.41, 5.74) is -0.174. The van der Waals surface area contributed by atoms with Gasteiger partial charge in [0.25, 0.3) is 25.8 Å². The van der Waals surface area contributed by atoms with Crippen molar-refractivity contribution < 1.29 is 45.0 Å². The van der Waals surface area contributed by atoms with Gasteiger partial charge in [-0.25, -0.2) is 0 Å². The third kappa shape index (κ3) is 7.89. The van der Waals surface area contributed by atoms with E-state index in [2.05, 4.69) is 31.1 Å². The number of pyridine rings is 1. The van der Waals surface area contributed by atoms with E-state index >= 15 is 0 Å². The molecule has 0 aliphatic heterocycles. The van der Waals surface area contributed by atoms with Crippen LogP contribution in [0.2, 0.25) is 0 Å². The minimum absolute atomic E-state index is 0.00854. The second kappa shape index (κ2) is 14.6. The molecular weight excluding hydrogens is 797 g/mol. The average Bonchev–Trinajstić information content (AvgIpc) is 3.15. The molecule has 7 rings (SSSR count). The Hall–Kier alpha value is -6.13. The van der Waals surface area contributed by atoms with E-state index in [1.807, 2.05) is 13.8 Å². The summed E-state index contributed by atoms with van der Waals surface area (Å²) >= 11 is 0. The molecule has 59 heavy (non-hydrogen) atoms. The Bertz CT molecular complexity index is 3000. The zero-order chi connectivity index (χ0) is 42.8. The molecule has 0 bridgehead atoms. The largest absolute Gasteiger partial charge is 0.497 e. The lowest BCUT2D eigenvalue weighted by molar-refractivity contribution is 0.102. The molecule has 1 aromatic heterocycles. The molecule has 0 saturated carbocycles. The Morgan fingerprint density at radius 1 is 0.763 bits per heavy atom. The number of methoxy groups -OCH3 is 1. The van der Waals surface area contributed by atoms with E-state index in [-0.39, 0.29) is 77.5 Å². The molecule has 5 aromatic carbocycles. The molecule has 1 aliphatic rings. The van der Waals surface area contributed by atoms with Crippen molar-refractivity contribution in [3.8, 4) is 28.4 Å². The van der Waals surface area contributed by atoms with Gasteiger partial charge in [0.05, 0.1) is 34.3 Å². The van der Waals surface area contributed by atoms with E-state index in [1.165, 1.54) is 49.6 Å². The Morgan fingerprint density at radius 3 is 2.00 bits per heavy atom. The van der Waals surface area contributed by atoms with Crippen LogP contribution in [-0.2, 0) is 25.7 Å². The molecule has 0 unspecified atom stereocenters. The molecule has 1 heterocycles. The normalized spacial score (nSPS) is 12.9. The number of ether oxygens (including phenoxy) is 2. The molecule has 0 amide bonds. The monoisotopic (exact) mass is 836 g/mol. The van der Waals surface area contributed by atoms with Gasteiger partial charge < -0.3 is 19.8 Å². The number of anilines is 2. The molecule has 13 nitrogen and oxygen atoms in total. The van der Waals surface area contributed by atoms with Crippen LogP contribution in [-0.4, -0.2) is 49.6 Å². The predicted molar refractivity (Wildman–Crippen MR) is 223 cm³/mol. The quantitative estimate of drug-likeness (QED) is 0.0713. The van der Waals surface area contributed by atoms with E-state index in [9.17, 15) is 40.3 Å². The molecule has 0 spiro atoms. The maximum atomic E-state index is 14.6. The number of hydrogen-bond donors (Lipinski definition) is 4. The first-order valence-electron chi connectivity index (χ1n) is 18.3. The van der Waals surface area contributed by atoms with Crippen molar-refractivity contribution >= 4 is 54.1 Å². The van der Waals surface area contributed by atoms with Crippen LogP contribution >= 0.6 is 0 Å². The smallest absolute Gasteiger partial charge is 0.298 e. The highest BCUT2D eigenvalue weighted by Crippen LogP contribution is 2.48. The second-order valence-corrected chi connectivity index (χ2v) is 19.0. The molecule has 0 radical (unpaired) electrons. The number of carbonyl (C=O) groups is 2. The summed E-state index contributed by atoms with van der Waals surface area (Å²) in [7, 11) is -7.99. The lowest BCUT2D eigenvalue weighted by atomic mass is 9.72. The van der Waals surface area contributed by atoms with Crippen LogP contribution in [0.4, 0.5) is 11.4 Å².